The Morgan fingerprint density at radius 2 is 2.00 bits per heavy atom. The molecule has 6 nitrogen and oxygen atoms in total. The van der Waals surface area contributed by atoms with Crippen molar-refractivity contribution < 1.29 is 13.2 Å². The van der Waals surface area contributed by atoms with Gasteiger partial charge in [-0.05, 0) is 41.9 Å². The summed E-state index contributed by atoms with van der Waals surface area (Å²) >= 11 is 3.25. The van der Waals surface area contributed by atoms with Gasteiger partial charge in [0.05, 0.1) is 16.3 Å². The van der Waals surface area contributed by atoms with Crippen LogP contribution >= 0.6 is 15.9 Å². The number of rotatable bonds is 5. The Kier molecular flexibility index (Phi) is 5.17. The van der Waals surface area contributed by atoms with Gasteiger partial charge in [-0.3, -0.25) is 4.79 Å². The van der Waals surface area contributed by atoms with Gasteiger partial charge in [-0.2, -0.15) is 0 Å². The molecule has 0 radical (unpaired) electrons. The molecule has 1 aromatic carbocycles. The molecule has 20 heavy (non-hydrogen) atoms. The van der Waals surface area contributed by atoms with Crippen molar-refractivity contribution in [3.63, 3.8) is 0 Å². The molecule has 1 aromatic rings. The minimum atomic E-state index is -3.34. The Morgan fingerprint density at radius 3 is 2.55 bits per heavy atom. The maximum Gasteiger partial charge on any atom is 0.252 e. The Hall–Kier alpha value is -1.12. The van der Waals surface area contributed by atoms with Crippen molar-refractivity contribution in [1.82, 2.24) is 10.0 Å². The molecule has 1 amide bonds. The molecule has 0 aliphatic heterocycles. The fourth-order valence-electron chi connectivity index (χ4n) is 1.66. The Balaban J connectivity index is 2.75. The van der Waals surface area contributed by atoms with Gasteiger partial charge in [-0.25, -0.2) is 13.1 Å². The van der Waals surface area contributed by atoms with Crippen molar-refractivity contribution in [1.29, 1.82) is 0 Å². The molecule has 0 fully saturated rings. The third-order valence-corrected chi connectivity index (χ3v) is 4.23. The lowest BCUT2D eigenvalue weighted by Crippen LogP contribution is -2.51. The Bertz CT molecular complexity index is 614. The van der Waals surface area contributed by atoms with E-state index in [1.807, 2.05) is 0 Å². The zero-order chi connectivity index (χ0) is 15.6. The van der Waals surface area contributed by atoms with Gasteiger partial charge in [0.15, 0.2) is 0 Å². The van der Waals surface area contributed by atoms with E-state index >= 15 is 0 Å². The minimum absolute atomic E-state index is 0.153. The van der Waals surface area contributed by atoms with Gasteiger partial charge in [0.2, 0.25) is 10.0 Å². The van der Waals surface area contributed by atoms with Crippen LogP contribution in [-0.2, 0) is 10.0 Å². The number of nitrogens with two attached hydrogens (primary N) is 1. The number of hydrogen-bond donors (Lipinski definition) is 3. The fraction of sp³-hybridized carbons (Fsp3) is 0.417. The standard InChI is InChI=1S/C12H18BrN3O3S/c1-12(2,16-20(3,18)19)7-15-11(17)8-5-4-6-9(14)10(8)13/h4-6,16H,7,14H2,1-3H3,(H,15,17). The summed E-state index contributed by atoms with van der Waals surface area (Å²) in [5.41, 5.74) is 5.79. The Morgan fingerprint density at radius 1 is 1.40 bits per heavy atom. The van der Waals surface area contributed by atoms with Crippen LogP contribution in [0.15, 0.2) is 22.7 Å². The third kappa shape index (κ3) is 5.10. The first kappa shape index (κ1) is 16.9. The van der Waals surface area contributed by atoms with Crippen LogP contribution in [0, 0.1) is 0 Å². The number of anilines is 1. The predicted molar refractivity (Wildman–Crippen MR) is 82.9 cm³/mol. The lowest BCUT2D eigenvalue weighted by Gasteiger charge is -2.25. The first-order chi connectivity index (χ1) is 9.02. The van der Waals surface area contributed by atoms with Crippen LogP contribution in [0.2, 0.25) is 0 Å². The number of benzene rings is 1. The third-order valence-electron chi connectivity index (χ3n) is 2.43. The van der Waals surface area contributed by atoms with Gasteiger partial charge in [0.1, 0.15) is 0 Å². The molecule has 0 aromatic heterocycles. The van der Waals surface area contributed by atoms with Crippen LogP contribution in [0.3, 0.4) is 0 Å². The van der Waals surface area contributed by atoms with Crippen LogP contribution in [0.1, 0.15) is 24.2 Å². The van der Waals surface area contributed by atoms with Crippen LogP contribution in [-0.4, -0.2) is 32.7 Å². The molecule has 0 atom stereocenters. The lowest BCUT2D eigenvalue weighted by atomic mass is 10.1. The molecule has 112 valence electrons. The van der Waals surface area contributed by atoms with E-state index in [1.165, 1.54) is 0 Å². The van der Waals surface area contributed by atoms with Crippen molar-refractivity contribution in [3.05, 3.63) is 28.2 Å². The van der Waals surface area contributed by atoms with Gasteiger partial charge in [0.25, 0.3) is 5.91 Å². The van der Waals surface area contributed by atoms with Crippen LogP contribution < -0.4 is 15.8 Å². The number of carbonyl (C=O) groups excluding carboxylic acids is 1. The summed E-state index contributed by atoms with van der Waals surface area (Å²) in [7, 11) is -3.34. The van der Waals surface area contributed by atoms with E-state index in [-0.39, 0.29) is 12.5 Å². The van der Waals surface area contributed by atoms with E-state index in [4.69, 9.17) is 5.73 Å². The SMILES string of the molecule is CC(C)(CNC(=O)c1cccc(N)c1Br)NS(C)(=O)=O. The molecule has 0 heterocycles. The zero-order valence-corrected chi connectivity index (χ0v) is 13.9. The van der Waals surface area contributed by atoms with Crippen molar-refractivity contribution in [2.24, 2.45) is 0 Å². The number of nitrogens with one attached hydrogen (secondary N) is 2. The molecule has 0 aliphatic rings. The molecular formula is C12H18BrN3O3S. The van der Waals surface area contributed by atoms with E-state index in [9.17, 15) is 13.2 Å². The highest BCUT2D eigenvalue weighted by Gasteiger charge is 2.23. The minimum Gasteiger partial charge on any atom is -0.398 e. The molecule has 0 saturated carbocycles. The number of carbonyl (C=O) groups is 1. The molecule has 0 unspecified atom stereocenters. The fourth-order valence-corrected chi connectivity index (χ4v) is 3.18. The summed E-state index contributed by atoms with van der Waals surface area (Å²) in [6.45, 7) is 3.52. The normalized spacial score (nSPS) is 12.2. The molecular weight excluding hydrogens is 346 g/mol. The monoisotopic (exact) mass is 363 g/mol. The second-order valence-electron chi connectivity index (χ2n) is 5.15. The topological polar surface area (TPSA) is 101 Å². The van der Waals surface area contributed by atoms with E-state index in [0.29, 0.717) is 15.7 Å². The highest BCUT2D eigenvalue weighted by Crippen LogP contribution is 2.23. The number of hydrogen-bond acceptors (Lipinski definition) is 4. The maximum atomic E-state index is 12.1. The summed E-state index contributed by atoms with van der Waals surface area (Å²) in [5.74, 6) is -0.326. The van der Waals surface area contributed by atoms with Crippen molar-refractivity contribution in [2.75, 3.05) is 18.5 Å². The maximum absolute atomic E-state index is 12.1. The number of nitrogen functional groups attached to an aromatic ring is 1. The summed E-state index contributed by atoms with van der Waals surface area (Å²) in [6.07, 6.45) is 1.07. The molecule has 0 aliphatic carbocycles. The first-order valence-corrected chi connectivity index (χ1v) is 8.51. The van der Waals surface area contributed by atoms with E-state index in [0.717, 1.165) is 6.26 Å². The smallest absolute Gasteiger partial charge is 0.252 e. The highest BCUT2D eigenvalue weighted by atomic mass is 79.9. The van der Waals surface area contributed by atoms with Crippen LogP contribution in [0.25, 0.3) is 0 Å². The van der Waals surface area contributed by atoms with Gasteiger partial charge in [0, 0.05) is 17.8 Å². The molecule has 0 bridgehead atoms. The summed E-state index contributed by atoms with van der Waals surface area (Å²) in [5, 5.41) is 2.68. The van der Waals surface area contributed by atoms with Gasteiger partial charge in [-0.15, -0.1) is 0 Å². The van der Waals surface area contributed by atoms with Crippen molar-refractivity contribution in [3.8, 4) is 0 Å². The molecule has 0 saturated heterocycles. The second kappa shape index (κ2) is 6.11. The molecule has 4 N–H and O–H groups in total. The van der Waals surface area contributed by atoms with Gasteiger partial charge < -0.3 is 11.1 Å². The quantitative estimate of drug-likeness (QED) is 0.681. The zero-order valence-electron chi connectivity index (χ0n) is 11.5. The van der Waals surface area contributed by atoms with Gasteiger partial charge in [-0.1, -0.05) is 6.07 Å². The Labute approximate surface area is 127 Å². The van der Waals surface area contributed by atoms with Crippen molar-refractivity contribution >= 4 is 37.5 Å². The van der Waals surface area contributed by atoms with E-state index < -0.39 is 15.6 Å². The average molecular weight is 364 g/mol. The lowest BCUT2D eigenvalue weighted by molar-refractivity contribution is 0.0944. The van der Waals surface area contributed by atoms with E-state index in [1.54, 1.807) is 32.0 Å². The van der Waals surface area contributed by atoms with E-state index in [2.05, 4.69) is 26.0 Å². The number of sulfonamides is 1. The average Bonchev–Trinajstić information content (AvgIpc) is 2.27. The van der Waals surface area contributed by atoms with Gasteiger partial charge >= 0.3 is 0 Å². The summed E-state index contributed by atoms with van der Waals surface area (Å²) in [4.78, 5) is 12.1. The second-order valence-corrected chi connectivity index (χ2v) is 7.69. The van der Waals surface area contributed by atoms with Crippen molar-refractivity contribution in [2.45, 2.75) is 19.4 Å². The molecule has 8 heteroatoms. The molecule has 1 rings (SSSR count). The largest absolute Gasteiger partial charge is 0.398 e. The number of halogens is 1. The predicted octanol–water partition coefficient (Wildman–Crippen LogP) is 1.09. The molecule has 0 spiro atoms. The highest BCUT2D eigenvalue weighted by molar-refractivity contribution is 9.10. The summed E-state index contributed by atoms with van der Waals surface area (Å²) < 4.78 is 25.4. The summed E-state index contributed by atoms with van der Waals surface area (Å²) in [6, 6.07) is 4.98. The first-order valence-electron chi connectivity index (χ1n) is 5.83. The van der Waals surface area contributed by atoms with Crippen LogP contribution in [0.4, 0.5) is 5.69 Å². The number of amides is 1. The van der Waals surface area contributed by atoms with Crippen LogP contribution in [0.5, 0.6) is 0 Å².